The van der Waals surface area contributed by atoms with Crippen molar-refractivity contribution in [3.8, 4) is 11.6 Å². The smallest absolute Gasteiger partial charge is 0.224 e. The highest BCUT2D eigenvalue weighted by Gasteiger charge is 2.14. The van der Waals surface area contributed by atoms with Gasteiger partial charge in [-0.25, -0.2) is 9.97 Å². The minimum atomic E-state index is 0.595. The van der Waals surface area contributed by atoms with Crippen LogP contribution in [0.2, 0.25) is 0 Å². The van der Waals surface area contributed by atoms with Crippen LogP contribution in [0.3, 0.4) is 0 Å². The molecule has 1 aliphatic rings. The molecule has 1 aliphatic heterocycles. The molecule has 1 aromatic heterocycles. The van der Waals surface area contributed by atoms with Crippen molar-refractivity contribution in [2.45, 2.75) is 12.8 Å². The van der Waals surface area contributed by atoms with Crippen molar-refractivity contribution in [3.05, 3.63) is 42.7 Å². The van der Waals surface area contributed by atoms with Crippen LogP contribution in [0.5, 0.6) is 11.6 Å². The van der Waals surface area contributed by atoms with Crippen LogP contribution < -0.4 is 9.64 Å². The van der Waals surface area contributed by atoms with Crippen LogP contribution in [-0.2, 0) is 0 Å². The van der Waals surface area contributed by atoms with Gasteiger partial charge >= 0.3 is 0 Å². The van der Waals surface area contributed by atoms with Gasteiger partial charge in [0.15, 0.2) is 0 Å². The molecular formula is C14H15N3O. The molecule has 4 nitrogen and oxygen atoms in total. The van der Waals surface area contributed by atoms with Crippen molar-refractivity contribution in [3.63, 3.8) is 0 Å². The van der Waals surface area contributed by atoms with Gasteiger partial charge in [0.2, 0.25) is 5.88 Å². The zero-order valence-electron chi connectivity index (χ0n) is 10.1. The number of rotatable bonds is 3. The van der Waals surface area contributed by atoms with E-state index in [4.69, 9.17) is 4.74 Å². The van der Waals surface area contributed by atoms with Crippen LogP contribution in [-0.4, -0.2) is 23.1 Å². The number of benzene rings is 1. The third-order valence-electron chi connectivity index (χ3n) is 3.02. The van der Waals surface area contributed by atoms with Crippen molar-refractivity contribution in [1.29, 1.82) is 0 Å². The highest BCUT2D eigenvalue weighted by molar-refractivity contribution is 5.42. The fraction of sp³-hybridized carbons (Fsp3) is 0.286. The summed E-state index contributed by atoms with van der Waals surface area (Å²) in [6, 6.07) is 11.6. The van der Waals surface area contributed by atoms with Gasteiger partial charge in [0.1, 0.15) is 17.9 Å². The Kier molecular flexibility index (Phi) is 3.08. The number of anilines is 1. The molecule has 0 N–H and O–H groups in total. The van der Waals surface area contributed by atoms with Crippen LogP contribution in [0.4, 0.5) is 5.82 Å². The summed E-state index contributed by atoms with van der Waals surface area (Å²) in [6.45, 7) is 2.14. The molecule has 1 aromatic carbocycles. The summed E-state index contributed by atoms with van der Waals surface area (Å²) in [6.07, 6.45) is 4.03. The summed E-state index contributed by atoms with van der Waals surface area (Å²) in [5.41, 5.74) is 0. The van der Waals surface area contributed by atoms with E-state index >= 15 is 0 Å². The molecule has 2 heterocycles. The molecule has 0 unspecified atom stereocenters. The minimum absolute atomic E-state index is 0.595. The monoisotopic (exact) mass is 241 g/mol. The van der Waals surface area contributed by atoms with E-state index in [0.29, 0.717) is 5.88 Å². The van der Waals surface area contributed by atoms with Crippen molar-refractivity contribution in [2.75, 3.05) is 18.0 Å². The molecule has 0 saturated carbocycles. The van der Waals surface area contributed by atoms with Crippen LogP contribution in [0, 0.1) is 0 Å². The Morgan fingerprint density at radius 2 is 1.78 bits per heavy atom. The van der Waals surface area contributed by atoms with Gasteiger partial charge in [-0.2, -0.15) is 0 Å². The largest absolute Gasteiger partial charge is 0.439 e. The second kappa shape index (κ2) is 5.04. The number of aromatic nitrogens is 2. The predicted octanol–water partition coefficient (Wildman–Crippen LogP) is 2.87. The third kappa shape index (κ3) is 2.42. The van der Waals surface area contributed by atoms with Crippen LogP contribution in [0.25, 0.3) is 0 Å². The second-order valence-corrected chi connectivity index (χ2v) is 4.32. The van der Waals surface area contributed by atoms with E-state index < -0.39 is 0 Å². The van der Waals surface area contributed by atoms with Gasteiger partial charge in [-0.05, 0) is 25.0 Å². The highest BCUT2D eigenvalue weighted by atomic mass is 16.5. The molecule has 0 spiro atoms. The predicted molar refractivity (Wildman–Crippen MR) is 70.0 cm³/mol. The highest BCUT2D eigenvalue weighted by Crippen LogP contribution is 2.23. The van der Waals surface area contributed by atoms with Gasteiger partial charge in [-0.3, -0.25) is 0 Å². The minimum Gasteiger partial charge on any atom is -0.439 e. The van der Waals surface area contributed by atoms with E-state index in [1.807, 2.05) is 36.4 Å². The van der Waals surface area contributed by atoms with E-state index in [1.165, 1.54) is 12.8 Å². The van der Waals surface area contributed by atoms with Crippen molar-refractivity contribution >= 4 is 5.82 Å². The van der Waals surface area contributed by atoms with Crippen molar-refractivity contribution < 1.29 is 4.74 Å². The lowest BCUT2D eigenvalue weighted by Crippen LogP contribution is -2.18. The van der Waals surface area contributed by atoms with E-state index in [9.17, 15) is 0 Å². The fourth-order valence-corrected chi connectivity index (χ4v) is 2.11. The summed E-state index contributed by atoms with van der Waals surface area (Å²) in [5, 5.41) is 0. The first kappa shape index (κ1) is 11.0. The molecule has 18 heavy (non-hydrogen) atoms. The SMILES string of the molecule is c1ccc(Oc2cc(N3CCCC3)ncn2)cc1. The first-order chi connectivity index (χ1) is 8.92. The first-order valence-corrected chi connectivity index (χ1v) is 6.22. The molecule has 3 rings (SSSR count). The number of hydrogen-bond acceptors (Lipinski definition) is 4. The Balaban J connectivity index is 1.78. The van der Waals surface area contributed by atoms with E-state index in [-0.39, 0.29) is 0 Å². The number of hydrogen-bond donors (Lipinski definition) is 0. The molecular weight excluding hydrogens is 226 g/mol. The summed E-state index contributed by atoms with van der Waals surface area (Å²) in [4.78, 5) is 10.7. The Labute approximate surface area is 106 Å². The lowest BCUT2D eigenvalue weighted by atomic mass is 10.3. The maximum atomic E-state index is 5.70. The van der Waals surface area contributed by atoms with Crippen LogP contribution in [0.1, 0.15) is 12.8 Å². The molecule has 92 valence electrons. The molecule has 4 heteroatoms. The Bertz CT molecular complexity index is 509. The number of para-hydroxylation sites is 1. The molecule has 1 saturated heterocycles. The van der Waals surface area contributed by atoms with Gasteiger partial charge in [0.05, 0.1) is 0 Å². The zero-order chi connectivity index (χ0) is 12.2. The quantitative estimate of drug-likeness (QED) is 0.828. The summed E-state index contributed by atoms with van der Waals surface area (Å²) < 4.78 is 5.70. The standard InChI is InChI=1S/C14H15N3O/c1-2-6-12(7-3-1)18-14-10-13(15-11-16-14)17-8-4-5-9-17/h1-3,6-7,10-11H,4-5,8-9H2. The molecule has 0 radical (unpaired) electrons. The van der Waals surface area contributed by atoms with Gasteiger partial charge in [-0.15, -0.1) is 0 Å². The van der Waals surface area contributed by atoms with Gasteiger partial charge in [0, 0.05) is 19.2 Å². The van der Waals surface area contributed by atoms with E-state index in [1.54, 1.807) is 6.33 Å². The lowest BCUT2D eigenvalue weighted by Gasteiger charge is -2.16. The first-order valence-electron chi connectivity index (χ1n) is 6.22. The van der Waals surface area contributed by atoms with Crippen molar-refractivity contribution in [2.24, 2.45) is 0 Å². The molecule has 1 fully saturated rings. The second-order valence-electron chi connectivity index (χ2n) is 4.32. The average molecular weight is 241 g/mol. The zero-order valence-corrected chi connectivity index (χ0v) is 10.1. The van der Waals surface area contributed by atoms with Crippen molar-refractivity contribution in [1.82, 2.24) is 9.97 Å². The third-order valence-corrected chi connectivity index (χ3v) is 3.02. The Morgan fingerprint density at radius 1 is 1.00 bits per heavy atom. The normalized spacial score (nSPS) is 14.8. The van der Waals surface area contributed by atoms with Gasteiger partial charge < -0.3 is 9.64 Å². The molecule has 0 atom stereocenters. The van der Waals surface area contributed by atoms with E-state index in [0.717, 1.165) is 24.7 Å². The average Bonchev–Trinajstić information content (AvgIpc) is 2.94. The summed E-state index contributed by atoms with van der Waals surface area (Å²) >= 11 is 0. The Morgan fingerprint density at radius 3 is 2.56 bits per heavy atom. The summed E-state index contributed by atoms with van der Waals surface area (Å²) in [5.74, 6) is 2.34. The van der Waals surface area contributed by atoms with Crippen LogP contribution >= 0.6 is 0 Å². The maximum absolute atomic E-state index is 5.70. The Hall–Kier alpha value is -2.10. The molecule has 0 aliphatic carbocycles. The van der Waals surface area contributed by atoms with Crippen LogP contribution in [0.15, 0.2) is 42.7 Å². The molecule has 2 aromatic rings. The van der Waals surface area contributed by atoms with E-state index in [2.05, 4.69) is 14.9 Å². The lowest BCUT2D eigenvalue weighted by molar-refractivity contribution is 0.461. The maximum Gasteiger partial charge on any atom is 0.224 e. The summed E-state index contributed by atoms with van der Waals surface area (Å²) in [7, 11) is 0. The van der Waals surface area contributed by atoms with Gasteiger partial charge in [-0.1, -0.05) is 18.2 Å². The molecule has 0 amide bonds. The topological polar surface area (TPSA) is 38.2 Å². The fourth-order valence-electron chi connectivity index (χ4n) is 2.11. The number of ether oxygens (including phenoxy) is 1. The van der Waals surface area contributed by atoms with Gasteiger partial charge in [0.25, 0.3) is 0 Å². The molecule has 0 bridgehead atoms. The number of nitrogens with zero attached hydrogens (tertiary/aromatic N) is 3.